The molecule has 0 aromatic heterocycles. The molecule has 0 bridgehead atoms. The number of carbonyl (C=O) groups excluding carboxylic acids is 2. The molecular formula is C11H22N3O3+. The summed E-state index contributed by atoms with van der Waals surface area (Å²) in [5, 5.41) is 5.28. The van der Waals surface area contributed by atoms with E-state index < -0.39 is 5.97 Å². The van der Waals surface area contributed by atoms with Crippen molar-refractivity contribution in [3.8, 4) is 0 Å². The summed E-state index contributed by atoms with van der Waals surface area (Å²) in [7, 11) is 4.02. The van der Waals surface area contributed by atoms with Crippen LogP contribution >= 0.6 is 0 Å². The number of hydrogen-bond donors (Lipinski definition) is 3. The summed E-state index contributed by atoms with van der Waals surface area (Å²) < 4.78 is 4.81. The summed E-state index contributed by atoms with van der Waals surface area (Å²) >= 11 is 0. The van der Waals surface area contributed by atoms with E-state index in [0.29, 0.717) is 18.7 Å². The quantitative estimate of drug-likeness (QED) is 0.291. The monoisotopic (exact) mass is 244 g/mol. The van der Waals surface area contributed by atoms with Crippen molar-refractivity contribution in [3.05, 3.63) is 12.2 Å². The van der Waals surface area contributed by atoms with Crippen LogP contribution in [0.1, 0.15) is 6.92 Å². The van der Waals surface area contributed by atoms with Crippen LogP contribution in [0, 0.1) is 0 Å². The largest absolute Gasteiger partial charge is 0.460 e. The molecule has 0 unspecified atom stereocenters. The third-order valence-corrected chi connectivity index (χ3v) is 1.88. The van der Waals surface area contributed by atoms with Gasteiger partial charge in [-0.1, -0.05) is 6.58 Å². The number of quaternary nitrogens is 1. The van der Waals surface area contributed by atoms with Crippen LogP contribution in [0.5, 0.6) is 0 Å². The minimum absolute atomic E-state index is 0.151. The maximum absolute atomic E-state index is 11.2. The van der Waals surface area contributed by atoms with E-state index in [0.717, 1.165) is 6.54 Å². The third-order valence-electron chi connectivity index (χ3n) is 1.88. The lowest BCUT2D eigenvalue weighted by Crippen LogP contribution is -3.06. The van der Waals surface area contributed by atoms with E-state index in [1.807, 2.05) is 14.1 Å². The Morgan fingerprint density at radius 2 is 1.82 bits per heavy atom. The van der Waals surface area contributed by atoms with Gasteiger partial charge >= 0.3 is 12.0 Å². The molecule has 0 spiro atoms. The van der Waals surface area contributed by atoms with Crippen molar-refractivity contribution in [3.63, 3.8) is 0 Å². The molecule has 0 aliphatic heterocycles. The molecule has 0 rings (SSSR count). The van der Waals surface area contributed by atoms with Crippen LogP contribution in [-0.2, 0) is 9.53 Å². The summed E-state index contributed by atoms with van der Waals surface area (Å²) in [6, 6.07) is -0.252. The Balaban J connectivity index is 3.45. The van der Waals surface area contributed by atoms with Crippen LogP contribution < -0.4 is 15.5 Å². The summed E-state index contributed by atoms with van der Waals surface area (Å²) in [5.74, 6) is -0.441. The zero-order valence-electron chi connectivity index (χ0n) is 10.8. The van der Waals surface area contributed by atoms with Crippen LogP contribution in [0.2, 0.25) is 0 Å². The Bertz CT molecular complexity index is 277. The number of urea groups is 1. The maximum atomic E-state index is 11.2. The smallest absolute Gasteiger partial charge is 0.333 e. The fourth-order valence-corrected chi connectivity index (χ4v) is 0.920. The highest BCUT2D eigenvalue weighted by Crippen LogP contribution is 1.90. The van der Waals surface area contributed by atoms with Gasteiger partial charge in [0.05, 0.1) is 33.7 Å². The molecule has 0 aromatic rings. The molecule has 0 heterocycles. The van der Waals surface area contributed by atoms with E-state index in [-0.39, 0.29) is 12.6 Å². The van der Waals surface area contributed by atoms with Gasteiger partial charge in [0.15, 0.2) is 0 Å². The molecule has 0 aliphatic rings. The minimum Gasteiger partial charge on any atom is -0.460 e. The number of ether oxygens (including phenoxy) is 1. The number of amides is 2. The number of nitrogens with one attached hydrogen (secondary N) is 3. The number of esters is 1. The van der Waals surface area contributed by atoms with E-state index in [2.05, 4.69) is 17.2 Å². The van der Waals surface area contributed by atoms with E-state index in [9.17, 15) is 9.59 Å². The van der Waals surface area contributed by atoms with Gasteiger partial charge in [-0.25, -0.2) is 9.59 Å². The van der Waals surface area contributed by atoms with Crippen LogP contribution in [0.4, 0.5) is 4.79 Å². The molecular weight excluding hydrogens is 222 g/mol. The molecule has 6 nitrogen and oxygen atoms in total. The van der Waals surface area contributed by atoms with Crippen molar-refractivity contribution in [1.82, 2.24) is 10.6 Å². The van der Waals surface area contributed by atoms with Crippen LogP contribution in [0.25, 0.3) is 0 Å². The second-order valence-corrected chi connectivity index (χ2v) is 4.06. The topological polar surface area (TPSA) is 71.9 Å². The average molecular weight is 244 g/mol. The number of carbonyl (C=O) groups is 2. The van der Waals surface area contributed by atoms with Gasteiger partial charge in [0, 0.05) is 5.57 Å². The fourth-order valence-electron chi connectivity index (χ4n) is 0.920. The zero-order valence-corrected chi connectivity index (χ0v) is 10.8. The van der Waals surface area contributed by atoms with Gasteiger partial charge in [-0.05, 0) is 6.92 Å². The Morgan fingerprint density at radius 3 is 2.35 bits per heavy atom. The van der Waals surface area contributed by atoms with E-state index in [1.54, 1.807) is 6.92 Å². The van der Waals surface area contributed by atoms with Gasteiger partial charge in [0.25, 0.3) is 0 Å². The number of rotatable bonds is 7. The molecule has 3 N–H and O–H groups in total. The molecule has 0 aliphatic carbocycles. The zero-order chi connectivity index (χ0) is 13.3. The highest BCUT2D eigenvalue weighted by molar-refractivity contribution is 5.86. The molecule has 0 radical (unpaired) electrons. The normalized spacial score (nSPS) is 9.88. The molecule has 17 heavy (non-hydrogen) atoms. The first-order valence-corrected chi connectivity index (χ1v) is 5.57. The molecule has 98 valence electrons. The van der Waals surface area contributed by atoms with Crippen molar-refractivity contribution in [2.24, 2.45) is 0 Å². The summed E-state index contributed by atoms with van der Waals surface area (Å²) in [4.78, 5) is 23.5. The Morgan fingerprint density at radius 1 is 1.24 bits per heavy atom. The Kier molecular flexibility index (Phi) is 7.79. The third kappa shape index (κ3) is 9.37. The standard InChI is InChI=1S/C11H21N3O3/c1-9(2)10(15)17-8-6-13-11(16)12-5-7-14(3)4/h1,5-8H2,2-4H3,(H2,12,13,16)/p+1. The highest BCUT2D eigenvalue weighted by Gasteiger charge is 2.03. The van der Waals surface area contributed by atoms with Crippen LogP contribution in [-0.4, -0.2) is 52.3 Å². The Hall–Kier alpha value is -1.56. The first kappa shape index (κ1) is 15.4. The molecule has 0 atom stereocenters. The number of likely N-dealkylation sites (N-methyl/N-ethyl adjacent to an activating group) is 1. The number of hydrogen-bond acceptors (Lipinski definition) is 3. The summed E-state index contributed by atoms with van der Waals surface area (Å²) in [5.41, 5.74) is 0.350. The lowest BCUT2D eigenvalue weighted by atomic mass is 10.4. The van der Waals surface area contributed by atoms with E-state index in [4.69, 9.17) is 4.74 Å². The molecule has 0 saturated heterocycles. The highest BCUT2D eigenvalue weighted by atomic mass is 16.5. The first-order valence-electron chi connectivity index (χ1n) is 5.57. The second kappa shape index (κ2) is 8.58. The first-order chi connectivity index (χ1) is 7.93. The maximum Gasteiger partial charge on any atom is 0.333 e. The average Bonchev–Trinajstić information content (AvgIpc) is 2.23. The lowest BCUT2D eigenvalue weighted by molar-refractivity contribution is -0.856. The molecule has 6 heteroatoms. The SMILES string of the molecule is C=C(C)C(=O)OCCNC(=O)NCC[NH+](C)C. The van der Waals surface area contributed by atoms with Crippen molar-refractivity contribution in [2.75, 3.05) is 40.3 Å². The minimum atomic E-state index is -0.441. The predicted molar refractivity (Wildman–Crippen MR) is 64.9 cm³/mol. The van der Waals surface area contributed by atoms with Gasteiger partial charge in [0.2, 0.25) is 0 Å². The van der Waals surface area contributed by atoms with E-state index >= 15 is 0 Å². The summed E-state index contributed by atoms with van der Waals surface area (Å²) in [6.45, 7) is 6.94. The van der Waals surface area contributed by atoms with Crippen molar-refractivity contribution in [2.45, 2.75) is 6.92 Å². The molecule has 0 saturated carbocycles. The molecule has 0 aromatic carbocycles. The van der Waals surface area contributed by atoms with E-state index in [1.165, 1.54) is 4.90 Å². The van der Waals surface area contributed by atoms with Crippen LogP contribution in [0.15, 0.2) is 12.2 Å². The van der Waals surface area contributed by atoms with Gasteiger partial charge < -0.3 is 20.3 Å². The summed E-state index contributed by atoms with van der Waals surface area (Å²) in [6.07, 6.45) is 0. The van der Waals surface area contributed by atoms with Crippen LogP contribution in [0.3, 0.4) is 0 Å². The van der Waals surface area contributed by atoms with Gasteiger partial charge in [-0.15, -0.1) is 0 Å². The van der Waals surface area contributed by atoms with Gasteiger partial charge in [-0.2, -0.15) is 0 Å². The van der Waals surface area contributed by atoms with Crippen molar-refractivity contribution >= 4 is 12.0 Å². The van der Waals surface area contributed by atoms with Crippen molar-refractivity contribution < 1.29 is 19.2 Å². The second-order valence-electron chi connectivity index (χ2n) is 4.06. The van der Waals surface area contributed by atoms with Gasteiger partial charge in [0.1, 0.15) is 6.61 Å². The lowest BCUT2D eigenvalue weighted by Gasteiger charge is -2.09. The molecule has 0 fully saturated rings. The fraction of sp³-hybridized carbons (Fsp3) is 0.636. The predicted octanol–water partition coefficient (Wildman–Crippen LogP) is -1.45. The van der Waals surface area contributed by atoms with Gasteiger partial charge in [-0.3, -0.25) is 0 Å². The Labute approximate surface area is 102 Å². The molecule has 2 amide bonds. The van der Waals surface area contributed by atoms with Crippen molar-refractivity contribution in [1.29, 1.82) is 0 Å².